The lowest BCUT2D eigenvalue weighted by atomic mass is 10.1. The van der Waals surface area contributed by atoms with Crippen molar-refractivity contribution in [2.75, 3.05) is 6.54 Å². The first kappa shape index (κ1) is 12.9. The number of aliphatic hydroxyl groups is 1. The van der Waals surface area contributed by atoms with E-state index < -0.39 is 12.1 Å². The van der Waals surface area contributed by atoms with Crippen molar-refractivity contribution in [1.29, 1.82) is 0 Å². The van der Waals surface area contributed by atoms with Crippen molar-refractivity contribution in [3.63, 3.8) is 0 Å². The van der Waals surface area contributed by atoms with Gasteiger partial charge in [-0.25, -0.2) is 4.79 Å². The van der Waals surface area contributed by atoms with Gasteiger partial charge in [-0.15, -0.1) is 0 Å². The summed E-state index contributed by atoms with van der Waals surface area (Å²) in [7, 11) is 0. The normalized spacial score (nSPS) is 14.5. The van der Waals surface area contributed by atoms with Gasteiger partial charge in [-0.3, -0.25) is 4.79 Å². The second-order valence-corrected chi connectivity index (χ2v) is 3.24. The van der Waals surface area contributed by atoms with E-state index in [1.165, 1.54) is 0 Å². The summed E-state index contributed by atoms with van der Waals surface area (Å²) >= 11 is 0. The van der Waals surface area contributed by atoms with Crippen LogP contribution in [0.15, 0.2) is 0 Å². The summed E-state index contributed by atoms with van der Waals surface area (Å²) in [5.41, 5.74) is 0. The molecule has 1 amide bonds. The van der Waals surface area contributed by atoms with Gasteiger partial charge >= 0.3 is 5.97 Å². The molecule has 0 heterocycles. The quantitative estimate of drug-likeness (QED) is 0.566. The molecule has 0 fully saturated rings. The Kier molecular flexibility index (Phi) is 5.87. The Balaban J connectivity index is 3.64. The largest absolute Gasteiger partial charge is 0.479 e. The molecule has 0 aromatic rings. The molecule has 0 aromatic carbocycles. The fraction of sp³-hybridized carbons (Fsp3) is 0.778. The molecule has 0 aromatic heterocycles. The highest BCUT2D eigenvalue weighted by Crippen LogP contribution is 1.99. The van der Waals surface area contributed by atoms with E-state index in [-0.39, 0.29) is 24.8 Å². The first-order valence-electron chi connectivity index (χ1n) is 4.67. The molecular weight excluding hydrogens is 186 g/mol. The predicted octanol–water partition coefficient (Wildman–Crippen LogP) is -0.0157. The van der Waals surface area contributed by atoms with Gasteiger partial charge in [0, 0.05) is 18.9 Å². The minimum Gasteiger partial charge on any atom is -0.479 e. The van der Waals surface area contributed by atoms with Crippen LogP contribution >= 0.6 is 0 Å². The van der Waals surface area contributed by atoms with Gasteiger partial charge in [-0.05, 0) is 6.42 Å². The molecule has 0 rings (SSSR count). The minimum absolute atomic E-state index is 0.0392. The molecule has 1 unspecified atom stereocenters. The molecule has 5 nitrogen and oxygen atoms in total. The molecule has 0 aliphatic heterocycles. The Morgan fingerprint density at radius 2 is 2.00 bits per heavy atom. The fourth-order valence-electron chi connectivity index (χ4n) is 0.815. The van der Waals surface area contributed by atoms with Crippen LogP contribution in [0.2, 0.25) is 0 Å². The van der Waals surface area contributed by atoms with Crippen LogP contribution in [0.5, 0.6) is 0 Å². The Morgan fingerprint density at radius 3 is 2.43 bits per heavy atom. The highest BCUT2D eigenvalue weighted by Gasteiger charge is 2.14. The number of rotatable bonds is 6. The van der Waals surface area contributed by atoms with Crippen molar-refractivity contribution in [3.05, 3.63) is 0 Å². The molecular formula is C9H17NO4. The maximum absolute atomic E-state index is 11.2. The number of hydrogen-bond acceptors (Lipinski definition) is 3. The van der Waals surface area contributed by atoms with E-state index >= 15 is 0 Å². The average molecular weight is 203 g/mol. The highest BCUT2D eigenvalue weighted by molar-refractivity contribution is 5.78. The molecule has 0 aliphatic carbocycles. The van der Waals surface area contributed by atoms with Crippen molar-refractivity contribution in [2.24, 2.45) is 5.92 Å². The lowest BCUT2D eigenvalue weighted by Gasteiger charge is -2.10. The van der Waals surface area contributed by atoms with Crippen LogP contribution in [-0.2, 0) is 9.59 Å². The van der Waals surface area contributed by atoms with E-state index in [4.69, 9.17) is 10.2 Å². The molecule has 5 heteroatoms. The first-order chi connectivity index (χ1) is 6.49. The summed E-state index contributed by atoms with van der Waals surface area (Å²) < 4.78 is 0. The Labute approximate surface area is 83.1 Å². The van der Waals surface area contributed by atoms with Crippen molar-refractivity contribution in [2.45, 2.75) is 32.8 Å². The van der Waals surface area contributed by atoms with Crippen LogP contribution in [0.3, 0.4) is 0 Å². The van der Waals surface area contributed by atoms with E-state index in [1.807, 2.05) is 6.92 Å². The highest BCUT2D eigenvalue weighted by atomic mass is 16.4. The van der Waals surface area contributed by atoms with Crippen LogP contribution in [0, 0.1) is 5.92 Å². The van der Waals surface area contributed by atoms with Gasteiger partial charge in [0.25, 0.3) is 0 Å². The van der Waals surface area contributed by atoms with E-state index in [0.29, 0.717) is 0 Å². The lowest BCUT2D eigenvalue weighted by molar-refractivity contribution is -0.147. The van der Waals surface area contributed by atoms with E-state index in [0.717, 1.165) is 6.42 Å². The van der Waals surface area contributed by atoms with Crippen LogP contribution < -0.4 is 5.32 Å². The zero-order valence-corrected chi connectivity index (χ0v) is 8.49. The van der Waals surface area contributed by atoms with Crippen LogP contribution in [0.4, 0.5) is 0 Å². The summed E-state index contributed by atoms with van der Waals surface area (Å²) in [5, 5.41) is 19.8. The van der Waals surface area contributed by atoms with Gasteiger partial charge < -0.3 is 15.5 Å². The van der Waals surface area contributed by atoms with Crippen molar-refractivity contribution >= 4 is 11.9 Å². The number of amides is 1. The smallest absolute Gasteiger partial charge is 0.332 e. The zero-order chi connectivity index (χ0) is 11.1. The summed E-state index contributed by atoms with van der Waals surface area (Å²) in [6.07, 6.45) is -0.614. The molecule has 0 bridgehead atoms. The SMILES string of the molecule is CCC(C)C(=O)NCC[C@H](O)C(=O)O. The third-order valence-electron chi connectivity index (χ3n) is 2.06. The molecule has 0 saturated heterocycles. The summed E-state index contributed by atoms with van der Waals surface area (Å²) in [5.74, 6) is -1.44. The van der Waals surface area contributed by atoms with E-state index in [2.05, 4.69) is 5.32 Å². The number of carbonyl (C=O) groups excluding carboxylic acids is 1. The summed E-state index contributed by atoms with van der Waals surface area (Å²) in [4.78, 5) is 21.4. The number of hydrogen-bond donors (Lipinski definition) is 3. The van der Waals surface area contributed by atoms with Gasteiger partial charge in [0.1, 0.15) is 0 Å². The number of carboxylic acid groups (broad SMARTS) is 1. The van der Waals surface area contributed by atoms with Crippen molar-refractivity contribution in [3.8, 4) is 0 Å². The number of nitrogens with one attached hydrogen (secondary N) is 1. The molecule has 14 heavy (non-hydrogen) atoms. The number of aliphatic hydroxyl groups excluding tert-OH is 1. The van der Waals surface area contributed by atoms with E-state index in [1.54, 1.807) is 6.92 Å². The third kappa shape index (κ3) is 4.81. The maximum Gasteiger partial charge on any atom is 0.332 e. The Bertz CT molecular complexity index is 205. The Morgan fingerprint density at radius 1 is 1.43 bits per heavy atom. The topological polar surface area (TPSA) is 86.6 Å². The number of aliphatic carboxylic acids is 1. The average Bonchev–Trinajstić information content (AvgIpc) is 2.15. The van der Waals surface area contributed by atoms with Gasteiger partial charge in [0.15, 0.2) is 6.10 Å². The molecule has 0 radical (unpaired) electrons. The minimum atomic E-state index is -1.40. The van der Waals surface area contributed by atoms with Crippen LogP contribution in [0.1, 0.15) is 26.7 Å². The van der Waals surface area contributed by atoms with Crippen molar-refractivity contribution < 1.29 is 19.8 Å². The Hall–Kier alpha value is -1.10. The van der Waals surface area contributed by atoms with E-state index in [9.17, 15) is 9.59 Å². The first-order valence-corrected chi connectivity index (χ1v) is 4.67. The predicted molar refractivity (Wildman–Crippen MR) is 50.7 cm³/mol. The fourth-order valence-corrected chi connectivity index (χ4v) is 0.815. The molecule has 3 N–H and O–H groups in total. The van der Waals surface area contributed by atoms with Crippen molar-refractivity contribution in [1.82, 2.24) is 5.32 Å². The monoisotopic (exact) mass is 203 g/mol. The molecule has 0 spiro atoms. The molecule has 0 aliphatic rings. The standard InChI is InChI=1S/C9H17NO4/c1-3-6(2)8(12)10-5-4-7(11)9(13)14/h6-7,11H,3-5H2,1-2H3,(H,10,12)(H,13,14)/t6?,7-/m0/s1. The van der Waals surface area contributed by atoms with Gasteiger partial charge in [-0.1, -0.05) is 13.8 Å². The zero-order valence-electron chi connectivity index (χ0n) is 8.49. The molecule has 82 valence electrons. The number of carbonyl (C=O) groups is 2. The van der Waals surface area contributed by atoms with Gasteiger partial charge in [-0.2, -0.15) is 0 Å². The maximum atomic E-state index is 11.2. The third-order valence-corrected chi connectivity index (χ3v) is 2.06. The molecule has 2 atom stereocenters. The second kappa shape index (κ2) is 6.37. The van der Waals surface area contributed by atoms with Gasteiger partial charge in [0.05, 0.1) is 0 Å². The van der Waals surface area contributed by atoms with Gasteiger partial charge in [0.2, 0.25) is 5.91 Å². The lowest BCUT2D eigenvalue weighted by Crippen LogP contribution is -2.33. The van der Waals surface area contributed by atoms with Crippen LogP contribution in [-0.4, -0.2) is 34.7 Å². The summed E-state index contributed by atoms with van der Waals surface area (Å²) in [6, 6.07) is 0. The second-order valence-electron chi connectivity index (χ2n) is 3.24. The molecule has 0 saturated carbocycles. The van der Waals surface area contributed by atoms with Crippen LogP contribution in [0.25, 0.3) is 0 Å². The summed E-state index contributed by atoms with van der Waals surface area (Å²) in [6.45, 7) is 3.88. The number of carboxylic acids is 1.